The minimum absolute atomic E-state index is 0.161. The minimum Gasteiger partial charge on any atom is -0.444 e. The third-order valence-electron chi connectivity index (χ3n) is 4.71. The highest BCUT2D eigenvalue weighted by Gasteiger charge is 2.50. The summed E-state index contributed by atoms with van der Waals surface area (Å²) in [5.41, 5.74) is 4.85. The lowest BCUT2D eigenvalue weighted by atomic mass is 9.73. The van der Waals surface area contributed by atoms with E-state index in [2.05, 4.69) is 5.32 Å². The number of alkyl halides is 1. The van der Waals surface area contributed by atoms with Crippen molar-refractivity contribution in [1.82, 2.24) is 5.32 Å². The number of nitrogens with two attached hydrogens (primary N) is 1. The van der Waals surface area contributed by atoms with Gasteiger partial charge in [-0.15, -0.1) is 0 Å². The molecule has 0 aromatic heterocycles. The Labute approximate surface area is 167 Å². The number of aliphatic imine (C=N–C) groups is 1. The molecule has 154 valence electrons. The number of thioether (sulfide) groups is 1. The Hall–Kier alpha value is -1.87. The third-order valence-corrected chi connectivity index (χ3v) is 5.74. The number of anilines is 1. The summed E-state index contributed by atoms with van der Waals surface area (Å²) in [4.78, 5) is 16.9. The predicted octanol–water partition coefficient (Wildman–Crippen LogP) is 3.61. The predicted molar refractivity (Wildman–Crippen MR) is 106 cm³/mol. The van der Waals surface area contributed by atoms with Gasteiger partial charge in [0.05, 0.1) is 18.2 Å². The Morgan fingerprint density at radius 2 is 2.25 bits per heavy atom. The summed E-state index contributed by atoms with van der Waals surface area (Å²) in [6.45, 7) is 4.82. The first-order valence-corrected chi connectivity index (χ1v) is 10.1. The fourth-order valence-electron chi connectivity index (χ4n) is 3.50. The normalized spacial score (nSPS) is 27.5. The van der Waals surface area contributed by atoms with Gasteiger partial charge in [-0.25, -0.2) is 13.6 Å². The number of fused-ring (bicyclic) bond motifs is 1. The van der Waals surface area contributed by atoms with Crippen LogP contribution in [0.4, 0.5) is 19.3 Å². The van der Waals surface area contributed by atoms with Crippen LogP contribution in [0.2, 0.25) is 0 Å². The van der Waals surface area contributed by atoms with Crippen molar-refractivity contribution in [2.24, 2.45) is 10.9 Å². The smallest absolute Gasteiger partial charge is 0.413 e. The van der Waals surface area contributed by atoms with Gasteiger partial charge in [-0.05, 0) is 39.0 Å². The Morgan fingerprint density at radius 1 is 1.50 bits per heavy atom. The van der Waals surface area contributed by atoms with Crippen LogP contribution in [0.5, 0.6) is 0 Å². The molecule has 0 aliphatic carbocycles. The molecule has 1 aromatic carbocycles. The van der Waals surface area contributed by atoms with Crippen molar-refractivity contribution in [2.75, 3.05) is 24.8 Å². The molecular weight excluding hydrogens is 388 g/mol. The summed E-state index contributed by atoms with van der Waals surface area (Å²) in [7, 11) is 0. The maximum absolute atomic E-state index is 14.8. The van der Waals surface area contributed by atoms with Crippen LogP contribution in [0.1, 0.15) is 32.8 Å². The maximum Gasteiger partial charge on any atom is 0.413 e. The number of amidine groups is 1. The molecule has 0 unspecified atom stereocenters. The van der Waals surface area contributed by atoms with E-state index in [1.165, 1.54) is 30.0 Å². The van der Waals surface area contributed by atoms with Gasteiger partial charge in [0.1, 0.15) is 18.1 Å². The zero-order valence-electron chi connectivity index (χ0n) is 16.1. The van der Waals surface area contributed by atoms with Crippen molar-refractivity contribution < 1.29 is 23.0 Å². The topological polar surface area (TPSA) is 85.9 Å². The molecule has 3 N–H and O–H groups in total. The molecule has 2 aliphatic heterocycles. The summed E-state index contributed by atoms with van der Waals surface area (Å²) in [5, 5.41) is 2.95. The van der Waals surface area contributed by atoms with Crippen LogP contribution >= 0.6 is 11.8 Å². The van der Waals surface area contributed by atoms with Gasteiger partial charge in [0.2, 0.25) is 0 Å². The molecule has 0 bridgehead atoms. The number of nitrogen functional groups attached to an aromatic ring is 1. The molecule has 1 fully saturated rings. The van der Waals surface area contributed by atoms with Gasteiger partial charge in [-0.1, -0.05) is 11.8 Å². The molecule has 0 spiro atoms. The van der Waals surface area contributed by atoms with E-state index in [1.54, 1.807) is 20.8 Å². The standard InChI is InChI=1S/C19H25F2N3O3S/c1-18(2,3)27-17(25)23-16-24-19(14-6-12(22)4-5-15(14)21)7-13(8-20)26-9-11(19)10-28-16/h4-6,11,13H,7-10,22H2,1-3H3,(H,23,24,25)/t11-,13+,19-/m0/s1. The van der Waals surface area contributed by atoms with Gasteiger partial charge in [-0.3, -0.25) is 10.3 Å². The van der Waals surface area contributed by atoms with Crippen molar-refractivity contribution in [3.63, 3.8) is 0 Å². The van der Waals surface area contributed by atoms with Gasteiger partial charge in [-0.2, -0.15) is 0 Å². The second-order valence-electron chi connectivity index (χ2n) is 8.03. The van der Waals surface area contributed by atoms with E-state index in [-0.39, 0.29) is 18.9 Å². The highest BCUT2D eigenvalue weighted by molar-refractivity contribution is 8.13. The Kier molecular flexibility index (Phi) is 5.86. The van der Waals surface area contributed by atoms with Crippen molar-refractivity contribution in [1.29, 1.82) is 0 Å². The fraction of sp³-hybridized carbons (Fsp3) is 0.579. The first-order valence-electron chi connectivity index (χ1n) is 9.08. The maximum atomic E-state index is 14.8. The van der Waals surface area contributed by atoms with Crippen LogP contribution in [-0.4, -0.2) is 42.0 Å². The van der Waals surface area contributed by atoms with Crippen molar-refractivity contribution in [3.8, 4) is 0 Å². The molecule has 2 heterocycles. The lowest BCUT2D eigenvalue weighted by molar-refractivity contribution is -0.0621. The zero-order valence-corrected chi connectivity index (χ0v) is 16.9. The average Bonchev–Trinajstić information content (AvgIpc) is 2.61. The van der Waals surface area contributed by atoms with Crippen LogP contribution in [0.3, 0.4) is 0 Å². The summed E-state index contributed by atoms with van der Waals surface area (Å²) >= 11 is 1.33. The van der Waals surface area contributed by atoms with Crippen LogP contribution < -0.4 is 11.1 Å². The van der Waals surface area contributed by atoms with Crippen LogP contribution in [0.25, 0.3) is 0 Å². The molecule has 0 saturated carbocycles. The number of halogens is 2. The van der Waals surface area contributed by atoms with E-state index in [0.29, 0.717) is 22.2 Å². The van der Waals surface area contributed by atoms with E-state index in [4.69, 9.17) is 20.2 Å². The first-order chi connectivity index (χ1) is 13.1. The number of nitrogens with zero attached hydrogens (tertiary/aromatic N) is 1. The number of hydrogen-bond acceptors (Lipinski definition) is 6. The lowest BCUT2D eigenvalue weighted by Crippen LogP contribution is -2.51. The van der Waals surface area contributed by atoms with Crippen LogP contribution in [0.15, 0.2) is 23.2 Å². The Bertz CT molecular complexity index is 784. The number of carbonyl (C=O) groups excluding carboxylic acids is 1. The Morgan fingerprint density at radius 3 is 2.93 bits per heavy atom. The molecule has 6 nitrogen and oxygen atoms in total. The molecule has 0 radical (unpaired) electrons. The molecule has 9 heteroatoms. The van der Waals surface area contributed by atoms with E-state index in [0.717, 1.165) is 0 Å². The van der Waals surface area contributed by atoms with E-state index in [1.807, 2.05) is 0 Å². The second kappa shape index (κ2) is 7.87. The SMILES string of the molecule is CC(C)(C)OC(=O)NC1=N[C@@]2(c3cc(N)ccc3F)C[C@H](CF)OC[C@H]2CS1. The molecule has 3 rings (SSSR count). The third kappa shape index (κ3) is 4.41. The fourth-order valence-corrected chi connectivity index (χ4v) is 4.61. The van der Waals surface area contributed by atoms with Crippen LogP contribution in [-0.2, 0) is 15.0 Å². The molecule has 28 heavy (non-hydrogen) atoms. The molecule has 1 aromatic rings. The summed E-state index contributed by atoms with van der Waals surface area (Å²) in [5.74, 6) is -0.117. The number of amides is 1. The molecule has 1 saturated heterocycles. The summed E-state index contributed by atoms with van der Waals surface area (Å²) in [6.07, 6.45) is -1.18. The van der Waals surface area contributed by atoms with E-state index >= 15 is 0 Å². The number of carbonyl (C=O) groups is 1. The van der Waals surface area contributed by atoms with Gasteiger partial charge in [0.25, 0.3) is 0 Å². The number of ether oxygens (including phenoxy) is 2. The summed E-state index contributed by atoms with van der Waals surface area (Å²) < 4.78 is 39.0. The Balaban J connectivity index is 2.00. The van der Waals surface area contributed by atoms with Gasteiger partial charge >= 0.3 is 6.09 Å². The molecule has 2 aliphatic rings. The molecule has 3 atom stereocenters. The van der Waals surface area contributed by atoms with Crippen molar-refractivity contribution in [3.05, 3.63) is 29.6 Å². The van der Waals surface area contributed by atoms with Crippen LogP contribution in [0, 0.1) is 11.7 Å². The highest BCUT2D eigenvalue weighted by atomic mass is 32.2. The number of hydrogen-bond donors (Lipinski definition) is 2. The number of benzene rings is 1. The van der Waals surface area contributed by atoms with Crippen molar-refractivity contribution in [2.45, 2.75) is 44.4 Å². The van der Waals surface area contributed by atoms with E-state index in [9.17, 15) is 13.6 Å². The van der Waals surface area contributed by atoms with Crippen molar-refractivity contribution >= 4 is 28.7 Å². The largest absolute Gasteiger partial charge is 0.444 e. The minimum atomic E-state index is -1.07. The first kappa shape index (κ1) is 20.9. The summed E-state index contributed by atoms with van der Waals surface area (Å²) in [6, 6.07) is 4.29. The van der Waals surface area contributed by atoms with Gasteiger partial charge < -0.3 is 15.2 Å². The number of alkyl carbamates (subject to hydrolysis) is 1. The highest BCUT2D eigenvalue weighted by Crippen LogP contribution is 2.48. The molecular formula is C19H25F2N3O3S. The van der Waals surface area contributed by atoms with Gasteiger partial charge in [0.15, 0.2) is 5.17 Å². The average molecular weight is 413 g/mol. The number of nitrogens with one attached hydrogen (secondary N) is 1. The second-order valence-corrected chi connectivity index (χ2v) is 9.04. The number of rotatable bonds is 2. The zero-order chi connectivity index (χ0) is 20.5. The van der Waals surface area contributed by atoms with E-state index < -0.39 is 35.8 Å². The lowest BCUT2D eigenvalue weighted by Gasteiger charge is -2.46. The quantitative estimate of drug-likeness (QED) is 0.724. The molecule has 1 amide bonds. The van der Waals surface area contributed by atoms with Gasteiger partial charge in [0, 0.05) is 29.3 Å². The monoisotopic (exact) mass is 413 g/mol.